The van der Waals surface area contributed by atoms with Crippen molar-refractivity contribution in [2.45, 2.75) is 132 Å². The van der Waals surface area contributed by atoms with E-state index in [0.717, 1.165) is 44.9 Å². The first-order chi connectivity index (χ1) is 15.6. The third-order valence-corrected chi connectivity index (χ3v) is 5.96. The third kappa shape index (κ3) is 22.0. The summed E-state index contributed by atoms with van der Waals surface area (Å²) in [6, 6.07) is 0. The Balaban J connectivity index is 4.10. The van der Waals surface area contributed by atoms with Crippen molar-refractivity contribution in [3.8, 4) is 0 Å². The maximum atomic E-state index is 9.43. The molecular weight excluding hydrogens is 400 g/mol. The van der Waals surface area contributed by atoms with Crippen molar-refractivity contribution < 1.29 is 5.11 Å². The standard InChI is InChI=1S/C32H54O/c1-26(2)15-11-18-29(5)21-12-19-27(3)16-9-10-17-28(4)20-13-22-30(6)23-14-24-31(7)25-32(8)33/h15-17,21-22,24,32-33H,9-14,18-20,23,25H2,1-8H3. The van der Waals surface area contributed by atoms with E-state index in [4.69, 9.17) is 0 Å². The molecule has 0 aromatic heterocycles. The fraction of sp³-hybridized carbons (Fsp3) is 0.625. The lowest BCUT2D eigenvalue weighted by Crippen LogP contribution is -1.99. The molecule has 0 bridgehead atoms. The van der Waals surface area contributed by atoms with Gasteiger partial charge in [-0.3, -0.25) is 0 Å². The Morgan fingerprint density at radius 1 is 0.485 bits per heavy atom. The van der Waals surface area contributed by atoms with Gasteiger partial charge in [0, 0.05) is 0 Å². The van der Waals surface area contributed by atoms with Gasteiger partial charge in [0.15, 0.2) is 0 Å². The fourth-order valence-electron chi connectivity index (χ4n) is 3.84. The molecule has 0 aliphatic rings. The molecule has 0 aliphatic carbocycles. The minimum Gasteiger partial charge on any atom is -0.393 e. The molecule has 0 amide bonds. The Bertz CT molecular complexity index is 703. The largest absolute Gasteiger partial charge is 0.393 e. The highest BCUT2D eigenvalue weighted by atomic mass is 16.3. The first-order valence-electron chi connectivity index (χ1n) is 13.2. The molecule has 0 saturated carbocycles. The van der Waals surface area contributed by atoms with Crippen LogP contribution in [0.4, 0.5) is 0 Å². The molecule has 1 nitrogen and oxygen atoms in total. The lowest BCUT2D eigenvalue weighted by atomic mass is 10.0. The fourth-order valence-corrected chi connectivity index (χ4v) is 3.84. The third-order valence-electron chi connectivity index (χ3n) is 5.96. The van der Waals surface area contributed by atoms with Crippen molar-refractivity contribution >= 4 is 0 Å². The van der Waals surface area contributed by atoms with Crippen molar-refractivity contribution in [3.05, 3.63) is 69.9 Å². The van der Waals surface area contributed by atoms with E-state index in [1.54, 1.807) is 0 Å². The van der Waals surface area contributed by atoms with E-state index in [-0.39, 0.29) is 6.10 Å². The molecule has 1 atom stereocenters. The van der Waals surface area contributed by atoms with Crippen LogP contribution in [-0.4, -0.2) is 11.2 Å². The zero-order valence-corrected chi connectivity index (χ0v) is 23.3. The molecule has 33 heavy (non-hydrogen) atoms. The van der Waals surface area contributed by atoms with Crippen molar-refractivity contribution in [1.82, 2.24) is 0 Å². The first kappa shape index (κ1) is 31.4. The molecule has 1 heteroatoms. The molecule has 1 N–H and O–H groups in total. The van der Waals surface area contributed by atoms with Crippen LogP contribution in [0.5, 0.6) is 0 Å². The number of hydrogen-bond acceptors (Lipinski definition) is 1. The summed E-state index contributed by atoms with van der Waals surface area (Å²) in [4.78, 5) is 0. The van der Waals surface area contributed by atoms with Gasteiger partial charge in [-0.05, 0) is 126 Å². The van der Waals surface area contributed by atoms with E-state index < -0.39 is 0 Å². The lowest BCUT2D eigenvalue weighted by Gasteiger charge is -2.05. The van der Waals surface area contributed by atoms with Crippen molar-refractivity contribution in [2.24, 2.45) is 0 Å². The van der Waals surface area contributed by atoms with Crippen molar-refractivity contribution in [2.75, 3.05) is 0 Å². The topological polar surface area (TPSA) is 20.2 Å². The van der Waals surface area contributed by atoms with Gasteiger partial charge in [-0.25, -0.2) is 0 Å². The zero-order chi connectivity index (χ0) is 25.1. The Morgan fingerprint density at radius 3 is 1.12 bits per heavy atom. The summed E-state index contributed by atoms with van der Waals surface area (Å²) in [6.07, 6.45) is 26.3. The second-order valence-electron chi connectivity index (χ2n) is 10.3. The molecule has 0 spiro atoms. The molecule has 0 heterocycles. The van der Waals surface area contributed by atoms with Crippen LogP contribution in [0, 0.1) is 0 Å². The number of rotatable bonds is 17. The molecule has 188 valence electrons. The number of allylic oxidation sites excluding steroid dienone is 11. The van der Waals surface area contributed by atoms with Crippen LogP contribution in [0.25, 0.3) is 0 Å². The highest BCUT2D eigenvalue weighted by Crippen LogP contribution is 2.15. The maximum Gasteiger partial charge on any atom is 0.0549 e. The second kappa shape index (κ2) is 19.8. The summed E-state index contributed by atoms with van der Waals surface area (Å²) < 4.78 is 0. The van der Waals surface area contributed by atoms with Crippen LogP contribution in [0.15, 0.2) is 69.9 Å². The van der Waals surface area contributed by atoms with Crippen molar-refractivity contribution in [3.63, 3.8) is 0 Å². The first-order valence-corrected chi connectivity index (χ1v) is 13.2. The van der Waals surface area contributed by atoms with Gasteiger partial charge >= 0.3 is 0 Å². The van der Waals surface area contributed by atoms with Crippen LogP contribution in [0.1, 0.15) is 126 Å². The average Bonchev–Trinajstić information content (AvgIpc) is 2.70. The molecule has 0 saturated heterocycles. The Hall–Kier alpha value is -1.60. The Labute approximate surface area is 207 Å². The summed E-state index contributed by atoms with van der Waals surface area (Å²) in [5.74, 6) is 0. The van der Waals surface area contributed by atoms with Gasteiger partial charge in [-0.15, -0.1) is 0 Å². The van der Waals surface area contributed by atoms with Crippen LogP contribution in [-0.2, 0) is 0 Å². The second-order valence-corrected chi connectivity index (χ2v) is 10.3. The van der Waals surface area contributed by atoms with Crippen LogP contribution in [0.2, 0.25) is 0 Å². The number of hydrogen-bond donors (Lipinski definition) is 1. The molecule has 1 unspecified atom stereocenters. The Morgan fingerprint density at radius 2 is 0.788 bits per heavy atom. The highest BCUT2D eigenvalue weighted by Gasteiger charge is 1.97. The summed E-state index contributed by atoms with van der Waals surface area (Å²) in [6.45, 7) is 17.4. The van der Waals surface area contributed by atoms with E-state index in [9.17, 15) is 5.11 Å². The van der Waals surface area contributed by atoms with E-state index >= 15 is 0 Å². The van der Waals surface area contributed by atoms with E-state index in [1.807, 2.05) is 6.92 Å². The van der Waals surface area contributed by atoms with Gasteiger partial charge in [0.05, 0.1) is 6.10 Å². The molecule has 0 fully saturated rings. The van der Waals surface area contributed by atoms with Crippen LogP contribution >= 0.6 is 0 Å². The SMILES string of the molecule is CC(C)=CCCC(C)=CCCC(C)=CCCC=C(C)CCC=C(C)CCC=C(C)CC(C)O. The maximum absolute atomic E-state index is 9.43. The predicted octanol–water partition coefficient (Wildman–Crippen LogP) is 10.4. The predicted molar refractivity (Wildman–Crippen MR) is 151 cm³/mol. The Kier molecular flexibility index (Phi) is 18.9. The number of aliphatic hydroxyl groups is 1. The number of unbranched alkanes of at least 4 members (excludes halogenated alkanes) is 1. The monoisotopic (exact) mass is 454 g/mol. The van der Waals surface area contributed by atoms with Gasteiger partial charge in [-0.2, -0.15) is 0 Å². The average molecular weight is 455 g/mol. The van der Waals surface area contributed by atoms with Gasteiger partial charge < -0.3 is 5.11 Å². The molecule has 0 aliphatic heterocycles. The summed E-state index contributed by atoms with van der Waals surface area (Å²) >= 11 is 0. The van der Waals surface area contributed by atoms with Crippen LogP contribution < -0.4 is 0 Å². The van der Waals surface area contributed by atoms with Gasteiger partial charge in [0.1, 0.15) is 0 Å². The number of aliphatic hydroxyl groups excluding tert-OH is 1. The minimum atomic E-state index is -0.235. The summed E-state index contributed by atoms with van der Waals surface area (Å²) in [5, 5.41) is 9.43. The molecule has 0 radical (unpaired) electrons. The van der Waals surface area contributed by atoms with E-state index in [2.05, 4.69) is 84.9 Å². The van der Waals surface area contributed by atoms with E-state index in [0.29, 0.717) is 0 Å². The molecule has 0 aromatic rings. The zero-order valence-electron chi connectivity index (χ0n) is 23.3. The summed E-state index contributed by atoms with van der Waals surface area (Å²) in [5.41, 5.74) is 8.73. The van der Waals surface area contributed by atoms with Gasteiger partial charge in [0.2, 0.25) is 0 Å². The van der Waals surface area contributed by atoms with Crippen LogP contribution in [0.3, 0.4) is 0 Å². The normalized spacial score (nSPS) is 15.1. The molecule has 0 rings (SSSR count). The molecule has 0 aromatic carbocycles. The van der Waals surface area contributed by atoms with E-state index in [1.165, 1.54) is 59.1 Å². The van der Waals surface area contributed by atoms with Gasteiger partial charge in [0.25, 0.3) is 0 Å². The van der Waals surface area contributed by atoms with Gasteiger partial charge in [-0.1, -0.05) is 69.9 Å². The summed E-state index contributed by atoms with van der Waals surface area (Å²) in [7, 11) is 0. The highest BCUT2D eigenvalue weighted by molar-refractivity contribution is 5.08. The quantitative estimate of drug-likeness (QED) is 0.171. The molecular formula is C32H54O. The smallest absolute Gasteiger partial charge is 0.0549 e. The minimum absolute atomic E-state index is 0.235. The lowest BCUT2D eigenvalue weighted by molar-refractivity contribution is 0.195. The van der Waals surface area contributed by atoms with Crippen molar-refractivity contribution in [1.29, 1.82) is 0 Å².